The van der Waals surface area contributed by atoms with Crippen LogP contribution in [0.5, 0.6) is 0 Å². The van der Waals surface area contributed by atoms with Crippen LogP contribution in [0.15, 0.2) is 36.0 Å². The zero-order chi connectivity index (χ0) is 28.4. The summed E-state index contributed by atoms with van der Waals surface area (Å²) in [5.41, 5.74) is 8.06. The van der Waals surface area contributed by atoms with E-state index in [2.05, 4.69) is 15.1 Å². The average molecular weight is 566 g/mol. The first-order valence-electron chi connectivity index (χ1n) is 15.7. The fourth-order valence-electron chi connectivity index (χ4n) is 9.06. The molecule has 1 amide bonds. The number of morpholine rings is 1. The predicted octanol–water partition coefficient (Wildman–Crippen LogP) is 3.32. The van der Waals surface area contributed by atoms with Gasteiger partial charge in [-0.15, -0.1) is 0 Å². The van der Waals surface area contributed by atoms with Gasteiger partial charge in [0.15, 0.2) is 5.78 Å². The summed E-state index contributed by atoms with van der Waals surface area (Å²) in [6, 6.07) is 7.03. The van der Waals surface area contributed by atoms with Gasteiger partial charge in [-0.05, 0) is 68.2 Å². The van der Waals surface area contributed by atoms with E-state index < -0.39 is 30.1 Å². The fraction of sp³-hybridized carbons (Fsp3) is 0.688. The van der Waals surface area contributed by atoms with Crippen LogP contribution in [0, 0.1) is 17.8 Å². The highest BCUT2D eigenvalue weighted by molar-refractivity contribution is 6.24. The van der Waals surface area contributed by atoms with Gasteiger partial charge < -0.3 is 25.6 Å². The third kappa shape index (κ3) is 4.68. The number of rotatable bonds is 4. The molecule has 0 bridgehead atoms. The standard InChI is InChI=1S/C32H44FN5O3/c1-36(2)21-10-8-20(9-11-21)35-32(40)24-17-38-26-12-7-18-5-3-4-6-22(18)30(26)41-31-27(38)23(29(24)39)15-25(33)28(31)37-14-13-19(34)16-37/h8-11,17-19,22-23,25-28,30-31H,3-7,12-16,34H2,1-2H3,(H,35,40)/t18?,19-,22?,23?,25?,26?,27?,28?,30?,31?/m1/s1. The van der Waals surface area contributed by atoms with E-state index in [0.29, 0.717) is 24.1 Å². The van der Waals surface area contributed by atoms with Crippen LogP contribution in [0.2, 0.25) is 0 Å². The Hall–Kier alpha value is -2.49. The molecule has 9 heteroatoms. The van der Waals surface area contributed by atoms with Gasteiger partial charge in [0.05, 0.1) is 35.9 Å². The van der Waals surface area contributed by atoms with Crippen molar-refractivity contribution < 1.29 is 18.7 Å². The van der Waals surface area contributed by atoms with Crippen molar-refractivity contribution in [2.24, 2.45) is 23.5 Å². The number of anilines is 2. The minimum atomic E-state index is -1.21. The number of ether oxygens (including phenoxy) is 1. The Kier molecular flexibility index (Phi) is 7.11. The molecular formula is C32H44FN5O3. The topological polar surface area (TPSA) is 91.1 Å². The highest BCUT2D eigenvalue weighted by Crippen LogP contribution is 2.51. The van der Waals surface area contributed by atoms with Crippen molar-refractivity contribution >= 4 is 23.1 Å². The Morgan fingerprint density at radius 3 is 2.56 bits per heavy atom. The quantitative estimate of drug-likeness (QED) is 0.542. The minimum absolute atomic E-state index is 0.00707. The number of amides is 1. The number of alkyl halides is 1. The number of nitrogens with two attached hydrogens (primary N) is 1. The zero-order valence-electron chi connectivity index (χ0n) is 24.3. The first-order valence-corrected chi connectivity index (χ1v) is 15.7. The number of hydrogen-bond donors (Lipinski definition) is 2. The minimum Gasteiger partial charge on any atom is -0.378 e. The molecule has 1 aromatic rings. The van der Waals surface area contributed by atoms with Gasteiger partial charge in [0.1, 0.15) is 6.17 Å². The second-order valence-corrected chi connectivity index (χ2v) is 13.6. The summed E-state index contributed by atoms with van der Waals surface area (Å²) in [5, 5.41) is 2.94. The van der Waals surface area contributed by atoms with E-state index in [1.165, 1.54) is 19.3 Å². The van der Waals surface area contributed by atoms with Crippen molar-refractivity contribution in [1.29, 1.82) is 0 Å². The molecule has 3 aliphatic carbocycles. The molecule has 7 rings (SSSR count). The van der Waals surface area contributed by atoms with E-state index in [9.17, 15) is 9.59 Å². The van der Waals surface area contributed by atoms with Gasteiger partial charge in [0.25, 0.3) is 5.91 Å². The number of nitrogens with zero attached hydrogens (tertiary/aromatic N) is 3. The molecule has 3 N–H and O–H groups in total. The monoisotopic (exact) mass is 565 g/mol. The van der Waals surface area contributed by atoms with Gasteiger partial charge in [0, 0.05) is 56.7 Å². The highest BCUT2D eigenvalue weighted by Gasteiger charge is 2.61. The third-order valence-electron chi connectivity index (χ3n) is 11.0. The van der Waals surface area contributed by atoms with Crippen molar-refractivity contribution in [3.05, 3.63) is 36.0 Å². The maximum atomic E-state index is 16.2. The van der Waals surface area contributed by atoms with Crippen molar-refractivity contribution in [2.75, 3.05) is 37.4 Å². The Labute approximate surface area is 242 Å². The smallest absolute Gasteiger partial charge is 0.260 e. The number of Topliss-reactive ketones (excluding diaryl/α,β-unsaturated/α-hetero) is 1. The summed E-state index contributed by atoms with van der Waals surface area (Å²) in [6.07, 6.45) is 8.13. The van der Waals surface area contributed by atoms with Crippen LogP contribution in [-0.4, -0.2) is 91.2 Å². The van der Waals surface area contributed by atoms with Crippen LogP contribution in [0.25, 0.3) is 0 Å². The van der Waals surface area contributed by atoms with Crippen molar-refractivity contribution in [3.63, 3.8) is 0 Å². The maximum Gasteiger partial charge on any atom is 0.260 e. The molecule has 222 valence electrons. The number of nitrogens with one attached hydrogen (secondary N) is 1. The van der Waals surface area contributed by atoms with Crippen LogP contribution >= 0.6 is 0 Å². The number of carbonyl (C=O) groups excluding carboxylic acids is 2. The Morgan fingerprint density at radius 2 is 1.83 bits per heavy atom. The van der Waals surface area contributed by atoms with E-state index in [1.807, 2.05) is 49.5 Å². The molecule has 6 aliphatic rings. The number of fused-ring (bicyclic) bond motifs is 4. The molecule has 3 heterocycles. The number of ketones is 1. The molecule has 41 heavy (non-hydrogen) atoms. The molecule has 9 unspecified atom stereocenters. The summed E-state index contributed by atoms with van der Waals surface area (Å²) >= 11 is 0. The maximum absolute atomic E-state index is 16.2. The summed E-state index contributed by atoms with van der Waals surface area (Å²) in [5.74, 6) is -0.188. The third-order valence-corrected chi connectivity index (χ3v) is 11.0. The lowest BCUT2D eigenvalue weighted by molar-refractivity contribution is -0.231. The first-order chi connectivity index (χ1) is 19.8. The lowest BCUT2D eigenvalue weighted by atomic mass is 9.64. The van der Waals surface area contributed by atoms with Gasteiger partial charge in [-0.3, -0.25) is 14.5 Å². The van der Waals surface area contributed by atoms with Crippen LogP contribution in [-0.2, 0) is 14.3 Å². The van der Waals surface area contributed by atoms with Crippen molar-refractivity contribution in [2.45, 2.75) is 93.9 Å². The first kappa shape index (κ1) is 27.3. The molecule has 3 saturated carbocycles. The molecule has 0 radical (unpaired) electrons. The van der Waals surface area contributed by atoms with Gasteiger partial charge >= 0.3 is 0 Å². The number of halogens is 1. The summed E-state index contributed by atoms with van der Waals surface area (Å²) in [4.78, 5) is 34.1. The van der Waals surface area contributed by atoms with Gasteiger partial charge in [-0.2, -0.15) is 0 Å². The van der Waals surface area contributed by atoms with Crippen molar-refractivity contribution in [3.8, 4) is 0 Å². The van der Waals surface area contributed by atoms with Crippen LogP contribution in [0.3, 0.4) is 0 Å². The lowest BCUT2D eigenvalue weighted by Crippen LogP contribution is -2.74. The summed E-state index contributed by atoms with van der Waals surface area (Å²) < 4.78 is 23.3. The molecular weight excluding hydrogens is 521 g/mol. The molecule has 2 saturated heterocycles. The van der Waals surface area contributed by atoms with E-state index in [-0.39, 0.29) is 42.0 Å². The normalized spacial score (nSPS) is 40.2. The van der Waals surface area contributed by atoms with E-state index in [1.54, 1.807) is 0 Å². The predicted molar refractivity (Wildman–Crippen MR) is 156 cm³/mol. The molecule has 3 aliphatic heterocycles. The van der Waals surface area contributed by atoms with Gasteiger partial charge in [0.2, 0.25) is 0 Å². The second-order valence-electron chi connectivity index (χ2n) is 13.6. The van der Waals surface area contributed by atoms with Crippen LogP contribution in [0.1, 0.15) is 51.4 Å². The van der Waals surface area contributed by atoms with E-state index >= 15 is 4.39 Å². The molecule has 1 aromatic carbocycles. The number of benzene rings is 1. The molecule has 0 aromatic heterocycles. The lowest BCUT2D eigenvalue weighted by Gasteiger charge is -2.62. The highest BCUT2D eigenvalue weighted by atomic mass is 19.1. The van der Waals surface area contributed by atoms with Gasteiger partial charge in [-0.1, -0.05) is 19.3 Å². The molecule has 0 spiro atoms. The number of carbonyl (C=O) groups is 2. The van der Waals surface area contributed by atoms with Crippen LogP contribution < -0.4 is 16.0 Å². The van der Waals surface area contributed by atoms with Crippen LogP contribution in [0.4, 0.5) is 15.8 Å². The summed E-state index contributed by atoms with van der Waals surface area (Å²) in [6.45, 7) is 1.42. The SMILES string of the molecule is CN(C)c1ccc(NC(=O)C2=CN3C4CCC5CCCCC5C4OC4C(N5CC[C@@H](N)C5)C(F)CC(C2=O)C43)cc1. The molecule has 5 fully saturated rings. The van der Waals surface area contributed by atoms with Crippen molar-refractivity contribution in [1.82, 2.24) is 9.80 Å². The fourth-order valence-corrected chi connectivity index (χ4v) is 9.06. The number of likely N-dealkylation sites (tertiary alicyclic amines) is 1. The zero-order valence-corrected chi connectivity index (χ0v) is 24.3. The average Bonchev–Trinajstić information content (AvgIpc) is 3.39. The summed E-state index contributed by atoms with van der Waals surface area (Å²) in [7, 11) is 3.92. The van der Waals surface area contributed by atoms with Gasteiger partial charge in [-0.25, -0.2) is 4.39 Å². The largest absolute Gasteiger partial charge is 0.378 e. The Morgan fingerprint density at radius 1 is 1.05 bits per heavy atom. The number of hydrogen-bond acceptors (Lipinski definition) is 7. The Balaban J connectivity index is 1.23. The molecule has 10 atom stereocenters. The Bertz CT molecular complexity index is 1210. The van der Waals surface area contributed by atoms with E-state index in [0.717, 1.165) is 37.9 Å². The second kappa shape index (κ2) is 10.7. The molecule has 8 nitrogen and oxygen atoms in total. The van der Waals surface area contributed by atoms with E-state index in [4.69, 9.17) is 10.5 Å².